The van der Waals surface area contributed by atoms with Gasteiger partial charge in [0.25, 0.3) is 0 Å². The predicted octanol–water partition coefficient (Wildman–Crippen LogP) is 1.78. The van der Waals surface area contributed by atoms with Gasteiger partial charge in [0, 0.05) is 24.0 Å². The van der Waals surface area contributed by atoms with Crippen LogP contribution < -0.4 is 5.73 Å². The molecule has 6 nitrogen and oxygen atoms in total. The molecule has 0 saturated carbocycles. The van der Waals surface area contributed by atoms with Crippen molar-refractivity contribution in [2.75, 3.05) is 0 Å². The molecule has 0 aliphatic heterocycles. The first kappa shape index (κ1) is 15.2. The van der Waals surface area contributed by atoms with E-state index in [1.165, 1.54) is 0 Å². The van der Waals surface area contributed by atoms with Crippen LogP contribution in [0.5, 0.6) is 0 Å². The molecule has 0 aliphatic rings. The first-order valence-corrected chi connectivity index (χ1v) is 7.17. The molecule has 0 radical (unpaired) electrons. The molecule has 0 aliphatic carbocycles. The second-order valence-corrected chi connectivity index (χ2v) is 5.21. The molecule has 0 atom stereocenters. The van der Waals surface area contributed by atoms with Gasteiger partial charge in [-0.2, -0.15) is 5.10 Å². The number of aryl methyl sites for hydroxylation is 3. The van der Waals surface area contributed by atoms with E-state index in [4.69, 9.17) is 5.73 Å². The van der Waals surface area contributed by atoms with E-state index in [1.54, 1.807) is 0 Å². The molecule has 2 N–H and O–H groups in total. The number of pyridine rings is 1. The Bertz CT molecular complexity index is 648. The van der Waals surface area contributed by atoms with E-state index in [0.717, 1.165) is 42.0 Å². The van der Waals surface area contributed by atoms with Crippen LogP contribution in [0.1, 0.15) is 36.8 Å². The summed E-state index contributed by atoms with van der Waals surface area (Å²) in [5.74, 6) is 0.797. The number of nitrogens with zero attached hydrogens (tertiary/aromatic N) is 4. The summed E-state index contributed by atoms with van der Waals surface area (Å²) in [4.78, 5) is 19.9. The number of amides is 1. The molecule has 0 aromatic carbocycles. The fourth-order valence-electron chi connectivity index (χ4n) is 2.21. The Morgan fingerprint density at radius 1 is 1.38 bits per heavy atom. The van der Waals surface area contributed by atoms with Gasteiger partial charge in [0.15, 0.2) is 11.6 Å². The van der Waals surface area contributed by atoms with Gasteiger partial charge in [0.2, 0.25) is 5.91 Å². The fraction of sp³-hybridized carbons (Fsp3) is 0.467. The van der Waals surface area contributed by atoms with Gasteiger partial charge in [-0.15, -0.1) is 0 Å². The van der Waals surface area contributed by atoms with Crippen LogP contribution in [0.25, 0.3) is 11.4 Å². The van der Waals surface area contributed by atoms with Crippen LogP contribution in [-0.2, 0) is 17.8 Å². The van der Waals surface area contributed by atoms with Crippen molar-refractivity contribution in [1.29, 1.82) is 0 Å². The maximum atomic E-state index is 11.1. The Labute approximate surface area is 124 Å². The van der Waals surface area contributed by atoms with Gasteiger partial charge in [0.05, 0.1) is 6.42 Å². The van der Waals surface area contributed by atoms with Gasteiger partial charge >= 0.3 is 0 Å². The summed E-state index contributed by atoms with van der Waals surface area (Å²) in [6, 6.07) is 2.02. The molecule has 0 bridgehead atoms. The molecule has 0 fully saturated rings. The summed E-state index contributed by atoms with van der Waals surface area (Å²) in [7, 11) is 0. The summed E-state index contributed by atoms with van der Waals surface area (Å²) in [6.07, 6.45) is 3.94. The van der Waals surface area contributed by atoms with Crippen LogP contribution in [0.3, 0.4) is 0 Å². The van der Waals surface area contributed by atoms with Crippen LogP contribution in [-0.4, -0.2) is 25.7 Å². The van der Waals surface area contributed by atoms with Gasteiger partial charge in [-0.25, -0.2) is 9.67 Å². The highest BCUT2D eigenvalue weighted by Crippen LogP contribution is 2.22. The van der Waals surface area contributed by atoms with Crippen LogP contribution in [0.4, 0.5) is 0 Å². The van der Waals surface area contributed by atoms with Crippen LogP contribution in [0, 0.1) is 13.8 Å². The van der Waals surface area contributed by atoms with E-state index in [1.807, 2.05) is 30.8 Å². The Hall–Kier alpha value is -2.24. The van der Waals surface area contributed by atoms with Crippen molar-refractivity contribution in [1.82, 2.24) is 19.7 Å². The Kier molecular flexibility index (Phi) is 4.67. The van der Waals surface area contributed by atoms with E-state index in [2.05, 4.69) is 22.0 Å². The molecular formula is C15H21N5O. The number of carbonyl (C=O) groups excluding carboxylic acids is 1. The van der Waals surface area contributed by atoms with Crippen molar-refractivity contribution in [2.45, 2.75) is 46.6 Å². The van der Waals surface area contributed by atoms with E-state index in [-0.39, 0.29) is 6.42 Å². The first-order valence-electron chi connectivity index (χ1n) is 7.17. The largest absolute Gasteiger partial charge is 0.369 e. The van der Waals surface area contributed by atoms with Gasteiger partial charge < -0.3 is 5.73 Å². The zero-order valence-corrected chi connectivity index (χ0v) is 12.8. The molecule has 0 unspecified atom stereocenters. The molecule has 2 aromatic heterocycles. The number of unbranched alkanes of at least 4 members (excludes halogenated alkanes) is 1. The highest BCUT2D eigenvalue weighted by Gasteiger charge is 2.15. The third-order valence-electron chi connectivity index (χ3n) is 3.26. The molecule has 112 valence electrons. The molecule has 1 amide bonds. The lowest BCUT2D eigenvalue weighted by Gasteiger charge is -2.07. The van der Waals surface area contributed by atoms with Crippen LogP contribution >= 0.6 is 0 Å². The third kappa shape index (κ3) is 3.65. The lowest BCUT2D eigenvalue weighted by atomic mass is 10.1. The second kappa shape index (κ2) is 6.47. The lowest BCUT2D eigenvalue weighted by molar-refractivity contribution is -0.117. The average Bonchev–Trinajstić information content (AvgIpc) is 2.78. The molecule has 0 saturated heterocycles. The molecule has 2 rings (SSSR count). The maximum Gasteiger partial charge on any atom is 0.225 e. The minimum absolute atomic E-state index is 0.0600. The normalized spacial score (nSPS) is 10.8. The number of rotatable bonds is 6. The predicted molar refractivity (Wildman–Crippen MR) is 80.5 cm³/mol. The minimum atomic E-state index is -0.423. The minimum Gasteiger partial charge on any atom is -0.369 e. The number of hydrogen-bond acceptors (Lipinski definition) is 4. The average molecular weight is 287 g/mol. The summed E-state index contributed by atoms with van der Waals surface area (Å²) in [5.41, 5.74) is 8.24. The van der Waals surface area contributed by atoms with E-state index < -0.39 is 5.91 Å². The Balaban J connectivity index is 2.43. The Morgan fingerprint density at radius 3 is 2.76 bits per heavy atom. The van der Waals surface area contributed by atoms with E-state index in [0.29, 0.717) is 5.82 Å². The van der Waals surface area contributed by atoms with Gasteiger partial charge in [-0.1, -0.05) is 13.3 Å². The number of aromatic nitrogens is 4. The van der Waals surface area contributed by atoms with Gasteiger partial charge in [-0.05, 0) is 31.9 Å². The highest BCUT2D eigenvalue weighted by molar-refractivity contribution is 5.75. The number of primary amides is 1. The zero-order valence-electron chi connectivity index (χ0n) is 12.8. The van der Waals surface area contributed by atoms with Gasteiger partial charge in [-0.3, -0.25) is 9.78 Å². The van der Waals surface area contributed by atoms with Crippen molar-refractivity contribution in [3.05, 3.63) is 29.3 Å². The quantitative estimate of drug-likeness (QED) is 0.877. The smallest absolute Gasteiger partial charge is 0.225 e. The summed E-state index contributed by atoms with van der Waals surface area (Å²) >= 11 is 0. The monoisotopic (exact) mass is 287 g/mol. The zero-order chi connectivity index (χ0) is 15.4. The van der Waals surface area contributed by atoms with Crippen molar-refractivity contribution < 1.29 is 4.79 Å². The molecule has 2 heterocycles. The molecule has 2 aromatic rings. The molecular weight excluding hydrogens is 266 g/mol. The molecule has 6 heteroatoms. The van der Waals surface area contributed by atoms with Crippen molar-refractivity contribution in [3.8, 4) is 11.4 Å². The highest BCUT2D eigenvalue weighted by atomic mass is 16.1. The fourth-order valence-corrected chi connectivity index (χ4v) is 2.21. The molecule has 0 spiro atoms. The lowest BCUT2D eigenvalue weighted by Crippen LogP contribution is -2.14. The number of carbonyl (C=O) groups is 1. The van der Waals surface area contributed by atoms with Crippen molar-refractivity contribution in [3.63, 3.8) is 0 Å². The summed E-state index contributed by atoms with van der Waals surface area (Å²) in [6.45, 7) is 6.87. The summed E-state index contributed by atoms with van der Waals surface area (Å²) < 4.78 is 1.85. The van der Waals surface area contributed by atoms with Crippen LogP contribution in [0.2, 0.25) is 0 Å². The van der Waals surface area contributed by atoms with Gasteiger partial charge in [0.1, 0.15) is 0 Å². The SMILES string of the molecule is CCCCn1nc(CC(N)=O)nc1-c1cnc(C)cc1C. The van der Waals surface area contributed by atoms with Crippen LogP contribution in [0.15, 0.2) is 12.3 Å². The standard InChI is InChI=1S/C15H21N5O/c1-4-5-6-20-15(18-14(19-20)8-13(16)21)12-9-17-11(3)7-10(12)2/h7,9H,4-6,8H2,1-3H3,(H2,16,21). The maximum absolute atomic E-state index is 11.1. The van der Waals surface area contributed by atoms with E-state index >= 15 is 0 Å². The third-order valence-corrected chi connectivity index (χ3v) is 3.26. The van der Waals surface area contributed by atoms with Crippen molar-refractivity contribution >= 4 is 5.91 Å². The van der Waals surface area contributed by atoms with E-state index in [9.17, 15) is 4.79 Å². The number of hydrogen-bond donors (Lipinski definition) is 1. The summed E-state index contributed by atoms with van der Waals surface area (Å²) in [5, 5.41) is 4.40. The first-order chi connectivity index (χ1) is 10.0. The topological polar surface area (TPSA) is 86.7 Å². The Morgan fingerprint density at radius 2 is 2.14 bits per heavy atom. The molecule has 21 heavy (non-hydrogen) atoms. The second-order valence-electron chi connectivity index (χ2n) is 5.21. The van der Waals surface area contributed by atoms with Crippen molar-refractivity contribution in [2.24, 2.45) is 5.73 Å². The number of nitrogens with two attached hydrogens (primary N) is 1.